The lowest BCUT2D eigenvalue weighted by Crippen LogP contribution is -2.49. The van der Waals surface area contributed by atoms with E-state index in [2.05, 4.69) is 0 Å². The van der Waals surface area contributed by atoms with Crippen LogP contribution in [0.3, 0.4) is 0 Å². The standard InChI is InChI=1S/C18H26N2O5/c1-3-8-24-15-6-4-5-14(10-15)18(23)20-7-9-25-16(12-20)11-19(2)13-17(21)22/h4-6,10,16H,3,7-9,11-13H2,1-2H3,(H,21,22). The number of benzene rings is 1. The van der Waals surface area contributed by atoms with Crippen LogP contribution >= 0.6 is 0 Å². The number of nitrogens with zero attached hydrogens (tertiary/aromatic N) is 2. The monoisotopic (exact) mass is 350 g/mol. The van der Waals surface area contributed by atoms with Gasteiger partial charge >= 0.3 is 5.97 Å². The van der Waals surface area contributed by atoms with E-state index >= 15 is 0 Å². The van der Waals surface area contributed by atoms with E-state index in [1.807, 2.05) is 19.1 Å². The van der Waals surface area contributed by atoms with Gasteiger partial charge in [-0.2, -0.15) is 0 Å². The van der Waals surface area contributed by atoms with E-state index in [9.17, 15) is 9.59 Å². The van der Waals surface area contributed by atoms with Crippen molar-refractivity contribution in [2.75, 3.05) is 46.4 Å². The molecule has 0 aromatic heterocycles. The van der Waals surface area contributed by atoms with Crippen LogP contribution in [-0.2, 0) is 9.53 Å². The van der Waals surface area contributed by atoms with Crippen molar-refractivity contribution in [1.29, 1.82) is 0 Å². The molecular weight excluding hydrogens is 324 g/mol. The summed E-state index contributed by atoms with van der Waals surface area (Å²) in [6, 6.07) is 7.20. The number of carboxylic acids is 1. The summed E-state index contributed by atoms with van der Waals surface area (Å²) in [5, 5.41) is 8.83. The molecule has 1 N–H and O–H groups in total. The smallest absolute Gasteiger partial charge is 0.317 e. The molecule has 1 atom stereocenters. The van der Waals surface area contributed by atoms with Crippen LogP contribution in [0.5, 0.6) is 5.75 Å². The molecule has 1 aromatic carbocycles. The molecule has 1 fully saturated rings. The molecule has 1 aliphatic heterocycles. The summed E-state index contributed by atoms with van der Waals surface area (Å²) in [7, 11) is 1.73. The average Bonchev–Trinajstić information content (AvgIpc) is 2.59. The number of hydrogen-bond donors (Lipinski definition) is 1. The summed E-state index contributed by atoms with van der Waals surface area (Å²) >= 11 is 0. The van der Waals surface area contributed by atoms with Gasteiger partial charge in [-0.25, -0.2) is 0 Å². The molecule has 138 valence electrons. The molecule has 1 heterocycles. The van der Waals surface area contributed by atoms with E-state index in [1.54, 1.807) is 29.0 Å². The summed E-state index contributed by atoms with van der Waals surface area (Å²) < 4.78 is 11.3. The highest BCUT2D eigenvalue weighted by molar-refractivity contribution is 5.94. The maximum atomic E-state index is 12.7. The van der Waals surface area contributed by atoms with Gasteiger partial charge in [0.25, 0.3) is 5.91 Å². The molecule has 2 rings (SSSR count). The first kappa shape index (κ1) is 19.2. The predicted molar refractivity (Wildman–Crippen MR) is 93.0 cm³/mol. The molecule has 7 nitrogen and oxygen atoms in total. The van der Waals surface area contributed by atoms with Crippen LogP contribution in [-0.4, -0.2) is 79.3 Å². The molecular formula is C18H26N2O5. The van der Waals surface area contributed by atoms with Crippen LogP contribution in [0.2, 0.25) is 0 Å². The number of carboxylic acid groups (broad SMARTS) is 1. The molecule has 1 aromatic rings. The number of likely N-dealkylation sites (N-methyl/N-ethyl adjacent to an activating group) is 1. The second-order valence-electron chi connectivity index (χ2n) is 6.21. The number of amides is 1. The summed E-state index contributed by atoms with van der Waals surface area (Å²) in [4.78, 5) is 26.9. The minimum Gasteiger partial charge on any atom is -0.494 e. The number of morpholine rings is 1. The van der Waals surface area contributed by atoms with Gasteiger partial charge in [-0.05, 0) is 31.7 Å². The molecule has 1 amide bonds. The van der Waals surface area contributed by atoms with Gasteiger partial charge in [0.05, 0.1) is 25.9 Å². The zero-order valence-corrected chi connectivity index (χ0v) is 14.8. The van der Waals surface area contributed by atoms with E-state index in [0.717, 1.165) is 6.42 Å². The van der Waals surface area contributed by atoms with Crippen LogP contribution < -0.4 is 4.74 Å². The molecule has 1 aliphatic rings. The highest BCUT2D eigenvalue weighted by Gasteiger charge is 2.26. The van der Waals surface area contributed by atoms with Crippen LogP contribution in [0, 0.1) is 0 Å². The first-order chi connectivity index (χ1) is 12.0. The number of carbonyl (C=O) groups excluding carboxylic acids is 1. The number of aliphatic carboxylic acids is 1. The van der Waals surface area contributed by atoms with Gasteiger partial charge in [0.1, 0.15) is 5.75 Å². The molecule has 0 aliphatic carbocycles. The Balaban J connectivity index is 1.95. The lowest BCUT2D eigenvalue weighted by molar-refractivity contribution is -0.138. The maximum Gasteiger partial charge on any atom is 0.317 e. The van der Waals surface area contributed by atoms with Crippen molar-refractivity contribution in [1.82, 2.24) is 9.80 Å². The zero-order valence-electron chi connectivity index (χ0n) is 14.8. The zero-order chi connectivity index (χ0) is 18.2. The number of hydrogen-bond acceptors (Lipinski definition) is 5. The van der Waals surface area contributed by atoms with Crippen LogP contribution in [0.15, 0.2) is 24.3 Å². The fourth-order valence-electron chi connectivity index (χ4n) is 2.78. The predicted octanol–water partition coefficient (Wildman–Crippen LogP) is 1.33. The third kappa shape index (κ3) is 6.03. The second-order valence-corrected chi connectivity index (χ2v) is 6.21. The third-order valence-electron chi connectivity index (χ3n) is 3.90. The average molecular weight is 350 g/mol. The minimum absolute atomic E-state index is 0.0510. The third-order valence-corrected chi connectivity index (χ3v) is 3.90. The summed E-state index contributed by atoms with van der Waals surface area (Å²) in [5.41, 5.74) is 0.591. The Labute approximate surface area is 148 Å². The molecule has 0 bridgehead atoms. The number of rotatable bonds is 8. The Morgan fingerprint density at radius 1 is 1.44 bits per heavy atom. The summed E-state index contributed by atoms with van der Waals surface area (Å²) in [6.07, 6.45) is 0.717. The Kier molecular flexibility index (Phi) is 7.21. The molecule has 1 unspecified atom stereocenters. The fourth-order valence-corrected chi connectivity index (χ4v) is 2.78. The van der Waals surface area contributed by atoms with Crippen LogP contribution in [0.25, 0.3) is 0 Å². The number of carbonyl (C=O) groups is 2. The van der Waals surface area contributed by atoms with Crippen molar-refractivity contribution < 1.29 is 24.2 Å². The van der Waals surface area contributed by atoms with Gasteiger partial charge in [0.2, 0.25) is 0 Å². The highest BCUT2D eigenvalue weighted by atomic mass is 16.5. The SMILES string of the molecule is CCCOc1cccc(C(=O)N2CCOC(CN(C)CC(=O)O)C2)c1. The van der Waals surface area contributed by atoms with E-state index < -0.39 is 5.97 Å². The van der Waals surface area contributed by atoms with Crippen molar-refractivity contribution in [3.8, 4) is 5.75 Å². The molecule has 0 saturated carbocycles. The summed E-state index contributed by atoms with van der Waals surface area (Å²) in [5.74, 6) is -0.245. The second kappa shape index (κ2) is 9.39. The lowest BCUT2D eigenvalue weighted by atomic mass is 10.1. The Morgan fingerprint density at radius 3 is 2.96 bits per heavy atom. The topological polar surface area (TPSA) is 79.3 Å². The van der Waals surface area contributed by atoms with Crippen molar-refractivity contribution >= 4 is 11.9 Å². The van der Waals surface area contributed by atoms with Gasteiger partial charge in [-0.3, -0.25) is 14.5 Å². The summed E-state index contributed by atoms with van der Waals surface area (Å²) in [6.45, 7) is 4.49. The Hall–Kier alpha value is -2.12. The van der Waals surface area contributed by atoms with Gasteiger partial charge in [0, 0.05) is 25.2 Å². The van der Waals surface area contributed by atoms with Crippen molar-refractivity contribution in [3.63, 3.8) is 0 Å². The van der Waals surface area contributed by atoms with Crippen molar-refractivity contribution in [2.45, 2.75) is 19.4 Å². The van der Waals surface area contributed by atoms with Gasteiger partial charge < -0.3 is 19.5 Å². The first-order valence-electron chi connectivity index (χ1n) is 8.53. The molecule has 7 heteroatoms. The van der Waals surface area contributed by atoms with Crippen molar-refractivity contribution in [3.05, 3.63) is 29.8 Å². The largest absolute Gasteiger partial charge is 0.494 e. The van der Waals surface area contributed by atoms with Crippen LogP contribution in [0.4, 0.5) is 0 Å². The van der Waals surface area contributed by atoms with E-state index in [-0.39, 0.29) is 18.6 Å². The molecule has 0 spiro atoms. The van der Waals surface area contributed by atoms with Crippen molar-refractivity contribution in [2.24, 2.45) is 0 Å². The van der Waals surface area contributed by atoms with Crippen LogP contribution in [0.1, 0.15) is 23.7 Å². The quantitative estimate of drug-likeness (QED) is 0.762. The van der Waals surface area contributed by atoms with Gasteiger partial charge in [-0.1, -0.05) is 13.0 Å². The van der Waals surface area contributed by atoms with Gasteiger partial charge in [0.15, 0.2) is 0 Å². The number of ether oxygens (including phenoxy) is 2. The highest BCUT2D eigenvalue weighted by Crippen LogP contribution is 2.17. The van der Waals surface area contributed by atoms with E-state index in [1.165, 1.54) is 0 Å². The Bertz CT molecular complexity index is 593. The normalized spacial score (nSPS) is 17.6. The van der Waals surface area contributed by atoms with E-state index in [4.69, 9.17) is 14.6 Å². The Morgan fingerprint density at radius 2 is 2.24 bits per heavy atom. The fraction of sp³-hybridized carbons (Fsp3) is 0.556. The lowest BCUT2D eigenvalue weighted by Gasteiger charge is -2.34. The first-order valence-corrected chi connectivity index (χ1v) is 8.53. The molecule has 25 heavy (non-hydrogen) atoms. The molecule has 1 saturated heterocycles. The minimum atomic E-state index is -0.880. The van der Waals surface area contributed by atoms with E-state index in [0.29, 0.717) is 44.2 Å². The molecule has 0 radical (unpaired) electrons. The maximum absolute atomic E-state index is 12.7. The van der Waals surface area contributed by atoms with Gasteiger partial charge in [-0.15, -0.1) is 0 Å².